The van der Waals surface area contributed by atoms with E-state index in [1.54, 1.807) is 0 Å². The summed E-state index contributed by atoms with van der Waals surface area (Å²) in [6.07, 6.45) is 6.19. The van der Waals surface area contributed by atoms with Crippen LogP contribution in [-0.4, -0.2) is 25.5 Å². The molecule has 3 heteroatoms. The van der Waals surface area contributed by atoms with Crippen LogP contribution in [0.1, 0.15) is 12.5 Å². The van der Waals surface area contributed by atoms with Crippen LogP contribution in [0.2, 0.25) is 0 Å². The van der Waals surface area contributed by atoms with Gasteiger partial charge >= 0.3 is 0 Å². The normalized spacial score (nSPS) is 18.0. The molecule has 1 N–H and O–H groups in total. The van der Waals surface area contributed by atoms with Crippen molar-refractivity contribution in [1.82, 2.24) is 5.32 Å². The second kappa shape index (κ2) is 5.70. The molecule has 1 atom stereocenters. The Balaban J connectivity index is 2.13. The second-order valence-corrected chi connectivity index (χ2v) is 4.75. The largest absolute Gasteiger partial charge is 0.311 e. The number of hydrogen-bond acceptors (Lipinski definition) is 2. The number of terminal acetylenes is 1. The SMILES string of the molecule is C#CCNCC(=O)N1CC(C)Cc2ccccc21. The number of fused-ring (bicyclic) bond motifs is 1. The fourth-order valence-corrected chi connectivity index (χ4v) is 2.37. The van der Waals surface area contributed by atoms with E-state index in [-0.39, 0.29) is 5.91 Å². The molecule has 0 saturated heterocycles. The molecular weight excluding hydrogens is 224 g/mol. The molecular formula is C15H18N2O. The van der Waals surface area contributed by atoms with E-state index >= 15 is 0 Å². The number of hydrogen-bond donors (Lipinski definition) is 1. The minimum Gasteiger partial charge on any atom is -0.311 e. The number of para-hydroxylation sites is 1. The molecule has 0 bridgehead atoms. The van der Waals surface area contributed by atoms with E-state index in [2.05, 4.69) is 24.2 Å². The van der Waals surface area contributed by atoms with E-state index < -0.39 is 0 Å². The van der Waals surface area contributed by atoms with Gasteiger partial charge in [0.1, 0.15) is 0 Å². The molecule has 0 aromatic heterocycles. The van der Waals surface area contributed by atoms with Crippen molar-refractivity contribution in [3.05, 3.63) is 29.8 Å². The molecule has 1 amide bonds. The first-order chi connectivity index (χ1) is 8.72. The van der Waals surface area contributed by atoms with Crippen molar-refractivity contribution < 1.29 is 4.79 Å². The maximum Gasteiger partial charge on any atom is 0.240 e. The second-order valence-electron chi connectivity index (χ2n) is 4.75. The van der Waals surface area contributed by atoms with Gasteiger partial charge < -0.3 is 4.90 Å². The third kappa shape index (κ3) is 2.72. The average molecular weight is 242 g/mol. The molecule has 0 fully saturated rings. The van der Waals surface area contributed by atoms with Gasteiger partial charge in [-0.25, -0.2) is 0 Å². The van der Waals surface area contributed by atoms with Crippen molar-refractivity contribution >= 4 is 11.6 Å². The third-order valence-corrected chi connectivity index (χ3v) is 3.15. The van der Waals surface area contributed by atoms with Crippen LogP contribution in [0.5, 0.6) is 0 Å². The van der Waals surface area contributed by atoms with Crippen LogP contribution >= 0.6 is 0 Å². The zero-order valence-electron chi connectivity index (χ0n) is 10.6. The van der Waals surface area contributed by atoms with E-state index in [1.807, 2.05) is 23.1 Å². The molecule has 0 spiro atoms. The van der Waals surface area contributed by atoms with Gasteiger partial charge in [0.05, 0.1) is 13.1 Å². The standard InChI is InChI=1S/C15H18N2O/c1-3-8-16-10-15(18)17-11-12(2)9-13-6-4-5-7-14(13)17/h1,4-7,12,16H,8-11H2,2H3. The highest BCUT2D eigenvalue weighted by Crippen LogP contribution is 2.29. The molecule has 1 aromatic carbocycles. The smallest absolute Gasteiger partial charge is 0.240 e. The summed E-state index contributed by atoms with van der Waals surface area (Å²) in [6, 6.07) is 8.11. The Morgan fingerprint density at radius 2 is 2.33 bits per heavy atom. The third-order valence-electron chi connectivity index (χ3n) is 3.15. The summed E-state index contributed by atoms with van der Waals surface area (Å²) < 4.78 is 0. The molecule has 1 unspecified atom stereocenters. The van der Waals surface area contributed by atoms with Crippen molar-refractivity contribution in [3.8, 4) is 12.3 Å². The highest BCUT2D eigenvalue weighted by molar-refractivity contribution is 5.96. The average Bonchev–Trinajstić information content (AvgIpc) is 2.38. The van der Waals surface area contributed by atoms with E-state index in [4.69, 9.17) is 6.42 Å². The van der Waals surface area contributed by atoms with Crippen molar-refractivity contribution in [3.63, 3.8) is 0 Å². The lowest BCUT2D eigenvalue weighted by atomic mass is 9.94. The summed E-state index contributed by atoms with van der Waals surface area (Å²) in [5.41, 5.74) is 2.30. The van der Waals surface area contributed by atoms with Crippen LogP contribution in [-0.2, 0) is 11.2 Å². The van der Waals surface area contributed by atoms with Gasteiger partial charge in [0.2, 0.25) is 5.91 Å². The predicted octanol–water partition coefficient (Wildman–Crippen LogP) is 1.43. The number of nitrogens with zero attached hydrogens (tertiary/aromatic N) is 1. The molecule has 18 heavy (non-hydrogen) atoms. The number of anilines is 1. The van der Waals surface area contributed by atoms with Crippen LogP contribution in [0.15, 0.2) is 24.3 Å². The molecule has 0 saturated carbocycles. The molecule has 1 heterocycles. The van der Waals surface area contributed by atoms with Gasteiger partial charge in [-0.15, -0.1) is 6.42 Å². The number of nitrogens with one attached hydrogen (secondary N) is 1. The molecule has 2 rings (SSSR count). The summed E-state index contributed by atoms with van der Waals surface area (Å²) in [6.45, 7) is 3.68. The molecule has 0 radical (unpaired) electrons. The van der Waals surface area contributed by atoms with Crippen molar-refractivity contribution in [2.45, 2.75) is 13.3 Å². The molecule has 1 aromatic rings. The fourth-order valence-electron chi connectivity index (χ4n) is 2.37. The lowest BCUT2D eigenvalue weighted by molar-refractivity contribution is -0.118. The highest BCUT2D eigenvalue weighted by Gasteiger charge is 2.25. The summed E-state index contributed by atoms with van der Waals surface area (Å²) in [4.78, 5) is 14.0. The van der Waals surface area contributed by atoms with Crippen LogP contribution in [0.3, 0.4) is 0 Å². The van der Waals surface area contributed by atoms with Gasteiger partial charge in [0.15, 0.2) is 0 Å². The maximum absolute atomic E-state index is 12.2. The Labute approximate surface area is 108 Å². The van der Waals surface area contributed by atoms with Crippen molar-refractivity contribution in [2.75, 3.05) is 24.5 Å². The van der Waals surface area contributed by atoms with Crippen molar-refractivity contribution in [2.24, 2.45) is 5.92 Å². The Kier molecular flexibility index (Phi) is 4.01. The first kappa shape index (κ1) is 12.7. The number of carbonyl (C=O) groups excluding carboxylic acids is 1. The summed E-state index contributed by atoms with van der Waals surface area (Å²) >= 11 is 0. The van der Waals surface area contributed by atoms with Crippen LogP contribution in [0, 0.1) is 18.3 Å². The van der Waals surface area contributed by atoms with Crippen LogP contribution < -0.4 is 10.2 Å². The van der Waals surface area contributed by atoms with E-state index in [9.17, 15) is 4.79 Å². The monoisotopic (exact) mass is 242 g/mol. The molecule has 3 nitrogen and oxygen atoms in total. The van der Waals surface area contributed by atoms with Crippen LogP contribution in [0.25, 0.3) is 0 Å². The number of amides is 1. The zero-order chi connectivity index (χ0) is 13.0. The van der Waals surface area contributed by atoms with Gasteiger partial charge in [-0.2, -0.15) is 0 Å². The van der Waals surface area contributed by atoms with E-state index in [1.165, 1.54) is 5.56 Å². The van der Waals surface area contributed by atoms with Gasteiger partial charge in [-0.05, 0) is 24.0 Å². The van der Waals surface area contributed by atoms with E-state index in [0.717, 1.165) is 18.7 Å². The lowest BCUT2D eigenvalue weighted by Gasteiger charge is -2.33. The predicted molar refractivity (Wildman–Crippen MR) is 73.4 cm³/mol. The minimum atomic E-state index is 0.0873. The topological polar surface area (TPSA) is 32.3 Å². The Morgan fingerprint density at radius 1 is 1.56 bits per heavy atom. The minimum absolute atomic E-state index is 0.0873. The van der Waals surface area contributed by atoms with Gasteiger partial charge in [0.25, 0.3) is 0 Å². The summed E-state index contributed by atoms with van der Waals surface area (Å²) in [5.74, 6) is 3.06. The summed E-state index contributed by atoms with van der Waals surface area (Å²) in [7, 11) is 0. The van der Waals surface area contributed by atoms with Crippen LogP contribution in [0.4, 0.5) is 5.69 Å². The lowest BCUT2D eigenvalue weighted by Crippen LogP contribution is -2.43. The molecule has 1 aliphatic rings. The maximum atomic E-state index is 12.2. The van der Waals surface area contributed by atoms with E-state index in [0.29, 0.717) is 19.0 Å². The van der Waals surface area contributed by atoms with Gasteiger partial charge in [-0.1, -0.05) is 31.0 Å². The zero-order valence-corrected chi connectivity index (χ0v) is 10.6. The Morgan fingerprint density at radius 3 is 3.11 bits per heavy atom. The Hall–Kier alpha value is -1.79. The first-order valence-electron chi connectivity index (χ1n) is 6.25. The van der Waals surface area contributed by atoms with Gasteiger partial charge in [0, 0.05) is 12.2 Å². The molecule has 94 valence electrons. The summed E-state index contributed by atoms with van der Waals surface area (Å²) in [5, 5.41) is 2.95. The number of benzene rings is 1. The number of carbonyl (C=O) groups is 1. The quantitative estimate of drug-likeness (QED) is 0.642. The van der Waals surface area contributed by atoms with Gasteiger partial charge in [-0.3, -0.25) is 10.1 Å². The molecule has 1 aliphatic heterocycles. The van der Waals surface area contributed by atoms with Crippen molar-refractivity contribution in [1.29, 1.82) is 0 Å². The molecule has 0 aliphatic carbocycles. The fraction of sp³-hybridized carbons (Fsp3) is 0.400. The Bertz CT molecular complexity index is 476. The number of rotatable bonds is 3. The highest BCUT2D eigenvalue weighted by atomic mass is 16.2. The first-order valence-corrected chi connectivity index (χ1v) is 6.25.